The largest absolute Gasteiger partial charge is 0.393 e. The third kappa shape index (κ3) is 15.9. The molecule has 2 unspecified atom stereocenters. The summed E-state index contributed by atoms with van der Waals surface area (Å²) in [6, 6.07) is 0. The summed E-state index contributed by atoms with van der Waals surface area (Å²) in [4.78, 5) is 0. The van der Waals surface area contributed by atoms with Crippen LogP contribution in [0.3, 0.4) is 0 Å². The second kappa shape index (κ2) is 14.3. The first-order valence-electron chi connectivity index (χ1n) is 8.53. The van der Waals surface area contributed by atoms with E-state index in [4.69, 9.17) is 5.11 Å². The van der Waals surface area contributed by atoms with Crippen LogP contribution in [0.1, 0.15) is 97.3 Å². The van der Waals surface area contributed by atoms with Crippen molar-refractivity contribution in [2.75, 3.05) is 0 Å². The Balaban J connectivity index is 3.09. The number of hydrogen-bond acceptors (Lipinski definition) is 2. The monoisotopic (exact) mass is 272 g/mol. The smallest absolute Gasteiger partial charge is 0.0540 e. The van der Waals surface area contributed by atoms with Gasteiger partial charge >= 0.3 is 0 Å². The first-order chi connectivity index (χ1) is 9.16. The Morgan fingerprint density at radius 2 is 1.05 bits per heavy atom. The van der Waals surface area contributed by atoms with Gasteiger partial charge in [-0.3, -0.25) is 0 Å². The van der Waals surface area contributed by atoms with Crippen molar-refractivity contribution < 1.29 is 10.2 Å². The lowest BCUT2D eigenvalue weighted by Crippen LogP contribution is -2.05. The first-order valence-corrected chi connectivity index (χ1v) is 8.53. The third-order valence-electron chi connectivity index (χ3n) is 3.80. The van der Waals surface area contributed by atoms with Gasteiger partial charge in [0.1, 0.15) is 0 Å². The summed E-state index contributed by atoms with van der Waals surface area (Å²) >= 11 is 0. The summed E-state index contributed by atoms with van der Waals surface area (Å²) < 4.78 is 0. The normalized spacial score (nSPS) is 14.5. The van der Waals surface area contributed by atoms with Gasteiger partial charge in [-0.25, -0.2) is 0 Å². The summed E-state index contributed by atoms with van der Waals surface area (Å²) in [6.45, 7) is 4.07. The summed E-state index contributed by atoms with van der Waals surface area (Å²) in [5, 5.41) is 18.9. The van der Waals surface area contributed by atoms with E-state index in [0.29, 0.717) is 0 Å². The fourth-order valence-electron chi connectivity index (χ4n) is 2.48. The Morgan fingerprint density at radius 1 is 0.632 bits per heavy atom. The maximum atomic E-state index is 9.78. The molecule has 2 N–H and O–H groups in total. The molecule has 2 heteroatoms. The highest BCUT2D eigenvalue weighted by Crippen LogP contribution is 2.13. The second-order valence-corrected chi connectivity index (χ2v) is 6.05. The average molecular weight is 272 g/mol. The molecule has 0 radical (unpaired) electrons. The Labute approximate surface area is 120 Å². The highest BCUT2D eigenvalue weighted by atomic mass is 16.3. The lowest BCUT2D eigenvalue weighted by molar-refractivity contribution is 0.147. The van der Waals surface area contributed by atoms with Crippen LogP contribution < -0.4 is 0 Å². The van der Waals surface area contributed by atoms with Gasteiger partial charge < -0.3 is 10.2 Å². The molecule has 0 aliphatic carbocycles. The Hall–Kier alpha value is -0.0800. The lowest BCUT2D eigenvalue weighted by atomic mass is 10.0. The fraction of sp³-hybridized carbons (Fsp3) is 1.00. The molecule has 0 heterocycles. The zero-order valence-corrected chi connectivity index (χ0v) is 13.2. The maximum Gasteiger partial charge on any atom is 0.0540 e. The molecule has 0 saturated carbocycles. The first kappa shape index (κ1) is 18.9. The van der Waals surface area contributed by atoms with Crippen LogP contribution in [0.2, 0.25) is 0 Å². The van der Waals surface area contributed by atoms with E-state index in [9.17, 15) is 5.11 Å². The zero-order valence-electron chi connectivity index (χ0n) is 13.2. The van der Waals surface area contributed by atoms with Gasteiger partial charge in [-0.1, -0.05) is 71.1 Å². The Morgan fingerprint density at radius 3 is 1.53 bits per heavy atom. The quantitative estimate of drug-likeness (QED) is 0.445. The third-order valence-corrected chi connectivity index (χ3v) is 3.80. The fourth-order valence-corrected chi connectivity index (χ4v) is 2.48. The molecule has 0 bridgehead atoms. The molecule has 0 saturated heterocycles. The van der Waals surface area contributed by atoms with Crippen molar-refractivity contribution in [3.8, 4) is 0 Å². The molecule has 0 aromatic carbocycles. The molecule has 19 heavy (non-hydrogen) atoms. The van der Waals surface area contributed by atoms with E-state index >= 15 is 0 Å². The van der Waals surface area contributed by atoms with E-state index in [1.54, 1.807) is 0 Å². The molecule has 2 nitrogen and oxygen atoms in total. The molecule has 0 aliphatic heterocycles. The zero-order chi connectivity index (χ0) is 14.3. The van der Waals surface area contributed by atoms with E-state index in [2.05, 4.69) is 6.92 Å². The van der Waals surface area contributed by atoms with Crippen molar-refractivity contribution in [1.29, 1.82) is 0 Å². The van der Waals surface area contributed by atoms with E-state index in [0.717, 1.165) is 25.7 Å². The summed E-state index contributed by atoms with van der Waals surface area (Å²) in [5.74, 6) is 0. The number of aliphatic hydroxyl groups excluding tert-OH is 2. The van der Waals surface area contributed by atoms with Crippen LogP contribution in [0.5, 0.6) is 0 Å². The predicted octanol–water partition coefficient (Wildman–Crippen LogP) is 4.82. The summed E-state index contributed by atoms with van der Waals surface area (Å²) in [6.07, 6.45) is 15.2. The molecule has 0 fully saturated rings. The van der Waals surface area contributed by atoms with E-state index in [-0.39, 0.29) is 12.2 Å². The minimum absolute atomic E-state index is 0.0578. The number of hydrogen-bond donors (Lipinski definition) is 2. The van der Waals surface area contributed by atoms with Crippen molar-refractivity contribution in [3.63, 3.8) is 0 Å². The van der Waals surface area contributed by atoms with Crippen molar-refractivity contribution >= 4 is 0 Å². The minimum atomic E-state index is -0.130. The van der Waals surface area contributed by atoms with E-state index in [1.807, 2.05) is 6.92 Å². The SMILES string of the molecule is CCCCCC(O)CCCCCCCCCC(C)O. The molecule has 0 aromatic rings. The van der Waals surface area contributed by atoms with Gasteiger partial charge in [0.05, 0.1) is 12.2 Å². The molecule has 0 aromatic heterocycles. The standard InChI is InChI=1S/C17H36O2/c1-3-4-10-14-17(19)15-12-9-7-5-6-8-11-13-16(2)18/h16-19H,3-15H2,1-2H3. The van der Waals surface area contributed by atoms with E-state index < -0.39 is 0 Å². The molecule has 116 valence electrons. The van der Waals surface area contributed by atoms with Gasteiger partial charge in [0.25, 0.3) is 0 Å². The molecule has 0 amide bonds. The Bertz CT molecular complexity index is 169. The topological polar surface area (TPSA) is 40.5 Å². The van der Waals surface area contributed by atoms with Crippen LogP contribution >= 0.6 is 0 Å². The van der Waals surface area contributed by atoms with Crippen LogP contribution in [0.25, 0.3) is 0 Å². The second-order valence-electron chi connectivity index (χ2n) is 6.05. The van der Waals surface area contributed by atoms with Gasteiger partial charge in [0.2, 0.25) is 0 Å². The van der Waals surface area contributed by atoms with Crippen LogP contribution in [-0.4, -0.2) is 22.4 Å². The summed E-state index contributed by atoms with van der Waals surface area (Å²) in [5.41, 5.74) is 0. The highest BCUT2D eigenvalue weighted by Gasteiger charge is 2.03. The lowest BCUT2D eigenvalue weighted by Gasteiger charge is -2.09. The van der Waals surface area contributed by atoms with Gasteiger partial charge in [-0.2, -0.15) is 0 Å². The molecule has 0 rings (SSSR count). The van der Waals surface area contributed by atoms with Crippen LogP contribution in [0.4, 0.5) is 0 Å². The molecular weight excluding hydrogens is 236 g/mol. The molecule has 0 spiro atoms. The van der Waals surface area contributed by atoms with Crippen molar-refractivity contribution in [2.24, 2.45) is 0 Å². The van der Waals surface area contributed by atoms with Gasteiger partial charge in [0, 0.05) is 0 Å². The van der Waals surface area contributed by atoms with Crippen molar-refractivity contribution in [3.05, 3.63) is 0 Å². The van der Waals surface area contributed by atoms with Gasteiger partial charge in [0.15, 0.2) is 0 Å². The van der Waals surface area contributed by atoms with Gasteiger partial charge in [-0.15, -0.1) is 0 Å². The van der Waals surface area contributed by atoms with Crippen molar-refractivity contribution in [1.82, 2.24) is 0 Å². The number of rotatable bonds is 14. The van der Waals surface area contributed by atoms with Gasteiger partial charge in [-0.05, 0) is 26.2 Å². The maximum absolute atomic E-state index is 9.78. The minimum Gasteiger partial charge on any atom is -0.393 e. The molecule has 2 atom stereocenters. The number of aliphatic hydroxyl groups is 2. The van der Waals surface area contributed by atoms with Crippen LogP contribution in [-0.2, 0) is 0 Å². The van der Waals surface area contributed by atoms with Crippen molar-refractivity contribution in [2.45, 2.75) is 110 Å². The highest BCUT2D eigenvalue weighted by molar-refractivity contribution is 4.57. The average Bonchev–Trinajstić information content (AvgIpc) is 2.36. The summed E-state index contributed by atoms with van der Waals surface area (Å²) in [7, 11) is 0. The predicted molar refractivity (Wildman–Crippen MR) is 83.4 cm³/mol. The number of unbranched alkanes of at least 4 members (excludes halogenated alkanes) is 8. The Kier molecular flexibility index (Phi) is 14.3. The van der Waals surface area contributed by atoms with E-state index in [1.165, 1.54) is 57.8 Å². The van der Waals surface area contributed by atoms with Crippen LogP contribution in [0.15, 0.2) is 0 Å². The molecular formula is C17H36O2. The molecule has 0 aliphatic rings. The van der Waals surface area contributed by atoms with Crippen LogP contribution in [0, 0.1) is 0 Å².